The molecule has 0 radical (unpaired) electrons. The standard InChI is InChI=1S/C25H21N5O3S/c26-12-21-19-9-3-4-11-22(19)34-25(21)30(14-17-13-29(28-27-17)15-23(31)32)24(33)20-10-5-7-16-6-1-2-8-18(16)20/h1-2,5-8,10,13H,3-4,9,11,14-15H2,(H,31,32). The number of anilines is 1. The molecule has 1 aliphatic carbocycles. The molecule has 0 fully saturated rings. The molecule has 5 rings (SSSR count). The molecule has 1 aliphatic rings. The molecule has 2 aromatic carbocycles. The number of nitrogens with zero attached hydrogens (tertiary/aromatic N) is 5. The maximum absolute atomic E-state index is 14.0. The van der Waals surface area contributed by atoms with Crippen molar-refractivity contribution in [3.63, 3.8) is 0 Å². The summed E-state index contributed by atoms with van der Waals surface area (Å²) in [6, 6.07) is 15.6. The Morgan fingerprint density at radius 3 is 2.76 bits per heavy atom. The molecule has 0 saturated carbocycles. The molecular formula is C25H21N5O3S. The van der Waals surface area contributed by atoms with Crippen LogP contribution in [0.1, 0.15) is 44.9 Å². The van der Waals surface area contributed by atoms with E-state index in [4.69, 9.17) is 5.11 Å². The van der Waals surface area contributed by atoms with Crippen molar-refractivity contribution in [2.45, 2.75) is 38.8 Å². The fourth-order valence-electron chi connectivity index (χ4n) is 4.44. The Hall–Kier alpha value is -4.03. The topological polar surface area (TPSA) is 112 Å². The third kappa shape index (κ3) is 4.04. The normalized spacial score (nSPS) is 12.8. The van der Waals surface area contributed by atoms with Gasteiger partial charge in [0.1, 0.15) is 23.3 Å². The molecule has 9 heteroatoms. The van der Waals surface area contributed by atoms with Crippen molar-refractivity contribution in [3.05, 3.63) is 75.9 Å². The van der Waals surface area contributed by atoms with Crippen LogP contribution in [-0.4, -0.2) is 32.0 Å². The van der Waals surface area contributed by atoms with Crippen LogP contribution in [0.2, 0.25) is 0 Å². The number of carboxylic acid groups (broad SMARTS) is 1. The van der Waals surface area contributed by atoms with Crippen LogP contribution in [0.25, 0.3) is 10.8 Å². The number of aryl methyl sites for hydroxylation is 1. The number of rotatable bonds is 6. The van der Waals surface area contributed by atoms with E-state index < -0.39 is 5.97 Å². The Bertz CT molecular complexity index is 1440. The number of aromatic nitrogens is 3. The van der Waals surface area contributed by atoms with Gasteiger partial charge in [-0.05, 0) is 48.1 Å². The number of amides is 1. The smallest absolute Gasteiger partial charge is 0.325 e. The number of aliphatic carboxylic acids is 1. The first-order valence-electron chi connectivity index (χ1n) is 11.0. The Balaban J connectivity index is 1.61. The first-order valence-corrected chi connectivity index (χ1v) is 11.8. The van der Waals surface area contributed by atoms with Gasteiger partial charge in [-0.25, -0.2) is 4.68 Å². The molecule has 0 unspecified atom stereocenters. The summed E-state index contributed by atoms with van der Waals surface area (Å²) in [5.74, 6) is -1.27. The quantitative estimate of drug-likeness (QED) is 0.452. The molecule has 0 aliphatic heterocycles. The summed E-state index contributed by atoms with van der Waals surface area (Å²) >= 11 is 1.49. The van der Waals surface area contributed by atoms with E-state index in [0.717, 1.165) is 46.9 Å². The van der Waals surface area contributed by atoms with Crippen molar-refractivity contribution in [3.8, 4) is 6.07 Å². The van der Waals surface area contributed by atoms with Crippen LogP contribution in [0.5, 0.6) is 0 Å². The molecule has 1 amide bonds. The van der Waals surface area contributed by atoms with Gasteiger partial charge in [0.2, 0.25) is 0 Å². The number of fused-ring (bicyclic) bond motifs is 2. The van der Waals surface area contributed by atoms with Gasteiger partial charge in [-0.15, -0.1) is 16.4 Å². The highest BCUT2D eigenvalue weighted by molar-refractivity contribution is 7.16. The van der Waals surface area contributed by atoms with Crippen LogP contribution in [0.3, 0.4) is 0 Å². The molecule has 1 N–H and O–H groups in total. The van der Waals surface area contributed by atoms with Crippen molar-refractivity contribution in [2.75, 3.05) is 4.90 Å². The highest BCUT2D eigenvalue weighted by Gasteiger charge is 2.29. The van der Waals surface area contributed by atoms with Gasteiger partial charge in [-0.2, -0.15) is 5.26 Å². The second-order valence-electron chi connectivity index (χ2n) is 8.22. The number of thiophene rings is 1. The van der Waals surface area contributed by atoms with E-state index in [0.29, 0.717) is 21.8 Å². The fraction of sp³-hybridized carbons (Fsp3) is 0.240. The van der Waals surface area contributed by atoms with Crippen LogP contribution >= 0.6 is 11.3 Å². The van der Waals surface area contributed by atoms with Gasteiger partial charge >= 0.3 is 5.97 Å². The number of carbonyl (C=O) groups excluding carboxylic acids is 1. The Labute approximate surface area is 199 Å². The second-order valence-corrected chi connectivity index (χ2v) is 9.31. The van der Waals surface area contributed by atoms with Crippen molar-refractivity contribution < 1.29 is 14.7 Å². The summed E-state index contributed by atoms with van der Waals surface area (Å²) < 4.78 is 1.23. The monoisotopic (exact) mass is 471 g/mol. The van der Waals surface area contributed by atoms with E-state index in [9.17, 15) is 14.9 Å². The Morgan fingerprint density at radius 2 is 1.94 bits per heavy atom. The predicted molar refractivity (Wildman–Crippen MR) is 128 cm³/mol. The number of benzene rings is 2. The summed E-state index contributed by atoms with van der Waals surface area (Å²) in [6.45, 7) is -0.239. The minimum absolute atomic E-state index is 0.0791. The average Bonchev–Trinajstić information content (AvgIpc) is 3.44. The third-order valence-corrected chi connectivity index (χ3v) is 7.29. The molecule has 0 atom stereocenters. The molecular weight excluding hydrogens is 450 g/mol. The van der Waals surface area contributed by atoms with Crippen molar-refractivity contribution in [1.82, 2.24) is 15.0 Å². The predicted octanol–water partition coefficient (Wildman–Crippen LogP) is 4.17. The van der Waals surface area contributed by atoms with Gasteiger partial charge < -0.3 is 5.11 Å². The van der Waals surface area contributed by atoms with Crippen molar-refractivity contribution in [2.24, 2.45) is 0 Å². The van der Waals surface area contributed by atoms with E-state index >= 15 is 0 Å². The van der Waals surface area contributed by atoms with E-state index in [1.807, 2.05) is 36.4 Å². The van der Waals surface area contributed by atoms with E-state index in [2.05, 4.69) is 16.4 Å². The molecule has 170 valence electrons. The average molecular weight is 472 g/mol. The zero-order valence-electron chi connectivity index (χ0n) is 18.3. The van der Waals surface area contributed by atoms with E-state index in [1.54, 1.807) is 11.0 Å². The summed E-state index contributed by atoms with van der Waals surface area (Å²) in [5, 5.41) is 29.4. The molecule has 2 heterocycles. The number of nitriles is 1. The minimum atomic E-state index is -1.03. The third-order valence-electron chi connectivity index (χ3n) is 5.98. The molecule has 0 saturated heterocycles. The number of carbonyl (C=O) groups is 2. The van der Waals surface area contributed by atoms with Crippen LogP contribution in [-0.2, 0) is 30.7 Å². The minimum Gasteiger partial charge on any atom is -0.480 e. The van der Waals surface area contributed by atoms with Gasteiger partial charge in [0.05, 0.1) is 18.3 Å². The molecule has 0 spiro atoms. The van der Waals surface area contributed by atoms with Crippen molar-refractivity contribution in [1.29, 1.82) is 5.26 Å². The molecule has 2 aromatic heterocycles. The maximum atomic E-state index is 14.0. The van der Waals surface area contributed by atoms with E-state index in [-0.39, 0.29) is 19.0 Å². The van der Waals surface area contributed by atoms with Gasteiger partial charge in [0.15, 0.2) is 0 Å². The van der Waals surface area contributed by atoms with Crippen LogP contribution in [0, 0.1) is 11.3 Å². The lowest BCUT2D eigenvalue weighted by Gasteiger charge is -2.21. The SMILES string of the molecule is N#Cc1c(N(Cc2cn(CC(=O)O)nn2)C(=O)c2cccc3ccccc23)sc2c1CCCC2. The molecule has 0 bridgehead atoms. The van der Waals surface area contributed by atoms with Gasteiger partial charge in [-0.1, -0.05) is 41.6 Å². The summed E-state index contributed by atoms with van der Waals surface area (Å²) in [5.41, 5.74) is 2.57. The molecule has 34 heavy (non-hydrogen) atoms. The highest BCUT2D eigenvalue weighted by atomic mass is 32.1. The Morgan fingerprint density at radius 1 is 1.15 bits per heavy atom. The lowest BCUT2D eigenvalue weighted by atomic mass is 9.96. The highest BCUT2D eigenvalue weighted by Crippen LogP contribution is 2.41. The largest absolute Gasteiger partial charge is 0.480 e. The zero-order chi connectivity index (χ0) is 23.7. The summed E-state index contributed by atoms with van der Waals surface area (Å²) in [6.07, 6.45) is 5.36. The molecule has 8 nitrogen and oxygen atoms in total. The summed E-state index contributed by atoms with van der Waals surface area (Å²) in [4.78, 5) is 27.8. The number of hydrogen-bond donors (Lipinski definition) is 1. The van der Waals surface area contributed by atoms with Crippen LogP contribution in [0.15, 0.2) is 48.7 Å². The fourth-order valence-corrected chi connectivity index (χ4v) is 5.77. The van der Waals surface area contributed by atoms with Gasteiger partial charge in [-0.3, -0.25) is 14.5 Å². The first kappa shape index (κ1) is 21.8. The first-order chi connectivity index (χ1) is 16.5. The summed E-state index contributed by atoms with van der Waals surface area (Å²) in [7, 11) is 0. The zero-order valence-corrected chi connectivity index (χ0v) is 19.1. The maximum Gasteiger partial charge on any atom is 0.325 e. The van der Waals surface area contributed by atoms with Crippen LogP contribution < -0.4 is 4.90 Å². The number of carboxylic acids is 1. The Kier molecular flexibility index (Phi) is 5.82. The second kappa shape index (κ2) is 9.08. The van der Waals surface area contributed by atoms with E-state index in [1.165, 1.54) is 22.2 Å². The van der Waals surface area contributed by atoms with Crippen molar-refractivity contribution >= 4 is 39.0 Å². The van der Waals surface area contributed by atoms with Gasteiger partial charge in [0.25, 0.3) is 5.91 Å². The van der Waals surface area contributed by atoms with Gasteiger partial charge in [0, 0.05) is 10.4 Å². The lowest BCUT2D eigenvalue weighted by molar-refractivity contribution is -0.137. The lowest BCUT2D eigenvalue weighted by Crippen LogP contribution is -2.30. The number of hydrogen-bond acceptors (Lipinski definition) is 6. The van der Waals surface area contributed by atoms with Crippen LogP contribution in [0.4, 0.5) is 5.00 Å². The molecule has 4 aromatic rings.